The Morgan fingerprint density at radius 2 is 2.12 bits per heavy atom. The molecule has 0 saturated heterocycles. The molecule has 80 valence electrons. The average molecular weight is 345 g/mol. The van der Waals surface area contributed by atoms with E-state index in [4.69, 9.17) is 5.26 Å². The second kappa shape index (κ2) is 4.36. The summed E-state index contributed by atoms with van der Waals surface area (Å²) in [5, 5.41) is 12.7. The van der Waals surface area contributed by atoms with Gasteiger partial charge in [0.1, 0.15) is 11.8 Å². The van der Waals surface area contributed by atoms with Gasteiger partial charge in [0.15, 0.2) is 5.82 Å². The van der Waals surface area contributed by atoms with Gasteiger partial charge in [-0.25, -0.2) is 9.07 Å². The number of benzene rings is 1. The average Bonchev–Trinajstić information content (AvgIpc) is 2.69. The number of nitriles is 1. The van der Waals surface area contributed by atoms with Crippen LogP contribution in [0.5, 0.6) is 0 Å². The molecule has 0 radical (unpaired) electrons. The summed E-state index contributed by atoms with van der Waals surface area (Å²) in [6, 6.07) is 4.95. The van der Waals surface area contributed by atoms with Crippen molar-refractivity contribution in [3.63, 3.8) is 0 Å². The van der Waals surface area contributed by atoms with Gasteiger partial charge in [0.25, 0.3) is 0 Å². The lowest BCUT2D eigenvalue weighted by molar-refractivity contribution is 0.604. The summed E-state index contributed by atoms with van der Waals surface area (Å²) in [7, 11) is 0. The molecular weight excluding hydrogens is 341 g/mol. The van der Waals surface area contributed by atoms with Crippen molar-refractivity contribution in [2.75, 3.05) is 0 Å². The van der Waals surface area contributed by atoms with Crippen LogP contribution in [-0.2, 0) is 0 Å². The Kier molecular flexibility index (Phi) is 3.08. The molecule has 1 heterocycles. The van der Waals surface area contributed by atoms with Crippen LogP contribution in [0.2, 0.25) is 0 Å². The summed E-state index contributed by atoms with van der Waals surface area (Å²) in [5.74, 6) is -0.505. The molecule has 1 aromatic heterocycles. The lowest BCUT2D eigenvalue weighted by atomic mass is 10.2. The van der Waals surface area contributed by atoms with Gasteiger partial charge in [-0.2, -0.15) is 10.4 Å². The zero-order chi connectivity index (χ0) is 11.7. The standard InChI is InChI=1S/C10H4Br2FN3/c11-7-4-15-16(5-7)8-2-1-6(3-14)9(12)10(8)13/h1-2,4-5H. The van der Waals surface area contributed by atoms with Gasteiger partial charge in [0.2, 0.25) is 0 Å². The molecule has 1 aromatic carbocycles. The van der Waals surface area contributed by atoms with Gasteiger partial charge in [-0.15, -0.1) is 0 Å². The Bertz CT molecular complexity index is 586. The van der Waals surface area contributed by atoms with Gasteiger partial charge in [-0.3, -0.25) is 0 Å². The molecule has 0 N–H and O–H groups in total. The third kappa shape index (κ3) is 1.88. The first kappa shape index (κ1) is 11.3. The van der Waals surface area contributed by atoms with Crippen molar-refractivity contribution in [2.45, 2.75) is 0 Å². The highest BCUT2D eigenvalue weighted by atomic mass is 79.9. The first-order chi connectivity index (χ1) is 7.63. The minimum Gasteiger partial charge on any atom is -0.237 e. The van der Waals surface area contributed by atoms with Gasteiger partial charge in [-0.1, -0.05) is 0 Å². The summed E-state index contributed by atoms with van der Waals surface area (Å²) in [5.41, 5.74) is 0.545. The highest BCUT2D eigenvalue weighted by molar-refractivity contribution is 9.10. The van der Waals surface area contributed by atoms with Crippen molar-refractivity contribution in [1.82, 2.24) is 9.78 Å². The van der Waals surface area contributed by atoms with Crippen LogP contribution in [0, 0.1) is 17.1 Å². The van der Waals surface area contributed by atoms with Crippen molar-refractivity contribution in [3.05, 3.63) is 44.9 Å². The molecule has 2 rings (SSSR count). The van der Waals surface area contributed by atoms with Crippen molar-refractivity contribution in [2.24, 2.45) is 0 Å². The Balaban J connectivity index is 2.60. The normalized spacial score (nSPS) is 10.1. The SMILES string of the molecule is N#Cc1ccc(-n2cc(Br)cn2)c(F)c1Br. The van der Waals surface area contributed by atoms with E-state index in [1.807, 2.05) is 6.07 Å². The van der Waals surface area contributed by atoms with E-state index < -0.39 is 5.82 Å². The van der Waals surface area contributed by atoms with Crippen LogP contribution >= 0.6 is 31.9 Å². The molecule has 0 amide bonds. The first-order valence-electron chi connectivity index (χ1n) is 4.22. The van der Waals surface area contributed by atoms with Gasteiger partial charge in [0, 0.05) is 6.20 Å². The Labute approximate surface area is 108 Å². The van der Waals surface area contributed by atoms with E-state index in [0.717, 1.165) is 4.47 Å². The van der Waals surface area contributed by atoms with Gasteiger partial charge in [-0.05, 0) is 44.0 Å². The van der Waals surface area contributed by atoms with E-state index in [9.17, 15) is 4.39 Å². The highest BCUT2D eigenvalue weighted by Gasteiger charge is 2.12. The van der Waals surface area contributed by atoms with Crippen LogP contribution < -0.4 is 0 Å². The number of nitrogens with zero attached hydrogens (tertiary/aromatic N) is 3. The number of hydrogen-bond donors (Lipinski definition) is 0. The summed E-state index contributed by atoms with van der Waals surface area (Å²) < 4.78 is 16.2. The number of aromatic nitrogens is 2. The second-order valence-electron chi connectivity index (χ2n) is 2.98. The molecule has 2 aromatic rings. The molecule has 0 aliphatic rings. The van der Waals surface area contributed by atoms with E-state index in [-0.39, 0.29) is 15.7 Å². The summed E-state index contributed by atoms with van der Waals surface area (Å²) in [4.78, 5) is 0. The fourth-order valence-corrected chi connectivity index (χ4v) is 1.94. The predicted octanol–water partition coefficient (Wildman–Crippen LogP) is 3.41. The molecule has 0 fully saturated rings. The number of hydrogen-bond acceptors (Lipinski definition) is 2. The number of rotatable bonds is 1. The second-order valence-corrected chi connectivity index (χ2v) is 4.68. The maximum Gasteiger partial charge on any atom is 0.164 e. The molecule has 6 heteroatoms. The maximum atomic E-state index is 13.9. The minimum atomic E-state index is -0.505. The summed E-state index contributed by atoms with van der Waals surface area (Å²) in [6.07, 6.45) is 3.20. The molecule has 0 spiro atoms. The lowest BCUT2D eigenvalue weighted by Crippen LogP contribution is -1.99. The van der Waals surface area contributed by atoms with Crippen molar-refractivity contribution in [3.8, 4) is 11.8 Å². The van der Waals surface area contributed by atoms with E-state index in [1.54, 1.807) is 12.4 Å². The molecule has 0 saturated carbocycles. The summed E-state index contributed by atoms with van der Waals surface area (Å²) >= 11 is 6.28. The molecule has 0 aliphatic carbocycles. The maximum absolute atomic E-state index is 13.9. The summed E-state index contributed by atoms with van der Waals surface area (Å²) in [6.45, 7) is 0. The van der Waals surface area contributed by atoms with Crippen LogP contribution in [0.15, 0.2) is 33.5 Å². The molecule has 0 atom stereocenters. The third-order valence-corrected chi connectivity index (χ3v) is 3.17. The van der Waals surface area contributed by atoms with Crippen LogP contribution in [0.3, 0.4) is 0 Å². The molecule has 0 aliphatic heterocycles. The molecule has 0 unspecified atom stereocenters. The largest absolute Gasteiger partial charge is 0.237 e. The lowest BCUT2D eigenvalue weighted by Gasteiger charge is -2.05. The van der Waals surface area contributed by atoms with Crippen molar-refractivity contribution < 1.29 is 4.39 Å². The fraction of sp³-hybridized carbons (Fsp3) is 0. The van der Waals surface area contributed by atoms with E-state index in [0.29, 0.717) is 0 Å². The van der Waals surface area contributed by atoms with Crippen LogP contribution in [-0.4, -0.2) is 9.78 Å². The molecule has 3 nitrogen and oxygen atoms in total. The van der Waals surface area contributed by atoms with E-state index >= 15 is 0 Å². The topological polar surface area (TPSA) is 41.6 Å². The highest BCUT2D eigenvalue weighted by Crippen LogP contribution is 2.25. The first-order valence-corrected chi connectivity index (χ1v) is 5.80. The Hall–Kier alpha value is -1.19. The molecule has 16 heavy (non-hydrogen) atoms. The van der Waals surface area contributed by atoms with E-state index in [2.05, 4.69) is 37.0 Å². The zero-order valence-corrected chi connectivity index (χ0v) is 11.0. The zero-order valence-electron chi connectivity index (χ0n) is 7.78. The van der Waals surface area contributed by atoms with Gasteiger partial charge >= 0.3 is 0 Å². The van der Waals surface area contributed by atoms with Crippen LogP contribution in [0.4, 0.5) is 4.39 Å². The number of halogens is 3. The van der Waals surface area contributed by atoms with Gasteiger partial charge < -0.3 is 0 Å². The molecular formula is C10H4Br2FN3. The monoisotopic (exact) mass is 343 g/mol. The Morgan fingerprint density at radius 1 is 1.38 bits per heavy atom. The molecule has 0 bridgehead atoms. The van der Waals surface area contributed by atoms with Crippen LogP contribution in [0.1, 0.15) is 5.56 Å². The third-order valence-electron chi connectivity index (χ3n) is 1.98. The minimum absolute atomic E-state index is 0.152. The van der Waals surface area contributed by atoms with Crippen LogP contribution in [0.25, 0.3) is 5.69 Å². The predicted molar refractivity (Wildman–Crippen MR) is 63.6 cm³/mol. The van der Waals surface area contributed by atoms with Crippen molar-refractivity contribution >= 4 is 31.9 Å². The quantitative estimate of drug-likeness (QED) is 0.795. The smallest absolute Gasteiger partial charge is 0.164 e. The van der Waals surface area contributed by atoms with E-state index in [1.165, 1.54) is 16.8 Å². The fourth-order valence-electron chi connectivity index (χ4n) is 1.24. The Morgan fingerprint density at radius 3 is 2.69 bits per heavy atom. The van der Waals surface area contributed by atoms with Gasteiger partial charge in [0.05, 0.1) is 20.7 Å². The van der Waals surface area contributed by atoms with Crippen molar-refractivity contribution in [1.29, 1.82) is 5.26 Å².